The molecule has 7 heteroatoms. The van der Waals surface area contributed by atoms with Gasteiger partial charge in [0, 0.05) is 31.6 Å². The molecule has 1 unspecified atom stereocenters. The maximum atomic E-state index is 11.6. The number of nitrogens with zero attached hydrogens (tertiary/aromatic N) is 2. The van der Waals surface area contributed by atoms with Gasteiger partial charge in [0.05, 0.1) is 6.54 Å². The van der Waals surface area contributed by atoms with Crippen LogP contribution in [0.25, 0.3) is 0 Å². The summed E-state index contributed by atoms with van der Waals surface area (Å²) in [5.41, 5.74) is 0. The first-order chi connectivity index (χ1) is 11.2. The molecule has 0 spiro atoms. The van der Waals surface area contributed by atoms with Crippen molar-refractivity contribution in [2.75, 3.05) is 39.3 Å². The third-order valence-corrected chi connectivity index (χ3v) is 4.62. The van der Waals surface area contributed by atoms with Gasteiger partial charge < -0.3 is 16.0 Å². The van der Waals surface area contributed by atoms with Crippen LogP contribution in [-0.2, 0) is 4.79 Å². The number of rotatable bonds is 8. The van der Waals surface area contributed by atoms with Crippen molar-refractivity contribution in [3.05, 3.63) is 0 Å². The second-order valence-corrected chi connectivity index (χ2v) is 6.49. The molecule has 1 amide bonds. The van der Waals surface area contributed by atoms with E-state index >= 15 is 0 Å². The van der Waals surface area contributed by atoms with E-state index in [0.717, 1.165) is 38.4 Å². The summed E-state index contributed by atoms with van der Waals surface area (Å²) in [6.07, 6.45) is 5.98. The number of hydrogen-bond donors (Lipinski definition) is 3. The van der Waals surface area contributed by atoms with Crippen molar-refractivity contribution < 1.29 is 4.79 Å². The molecule has 2 rings (SSSR count). The highest BCUT2D eigenvalue weighted by Crippen LogP contribution is 2.28. The number of guanidine groups is 1. The number of nitrogens with one attached hydrogen (secondary N) is 3. The smallest absolute Gasteiger partial charge is 0.223 e. The van der Waals surface area contributed by atoms with Crippen LogP contribution in [0, 0.1) is 5.92 Å². The highest BCUT2D eigenvalue weighted by atomic mass is 127. The third kappa shape index (κ3) is 7.55. The van der Waals surface area contributed by atoms with E-state index in [0.29, 0.717) is 19.1 Å². The number of halogens is 1. The minimum absolute atomic E-state index is 0. The highest BCUT2D eigenvalue weighted by Gasteiger charge is 2.29. The molecule has 1 atom stereocenters. The van der Waals surface area contributed by atoms with Crippen LogP contribution >= 0.6 is 24.0 Å². The molecule has 0 bridgehead atoms. The Kier molecular flexibility index (Phi) is 10.6. The van der Waals surface area contributed by atoms with Gasteiger partial charge in [-0.25, -0.2) is 0 Å². The van der Waals surface area contributed by atoms with Crippen molar-refractivity contribution in [1.82, 2.24) is 20.9 Å². The van der Waals surface area contributed by atoms with Gasteiger partial charge in [-0.3, -0.25) is 14.7 Å². The molecule has 2 aliphatic rings. The van der Waals surface area contributed by atoms with Crippen LogP contribution in [0.1, 0.15) is 46.0 Å². The number of likely N-dealkylation sites (tertiary alicyclic amines) is 1. The summed E-state index contributed by atoms with van der Waals surface area (Å²) < 4.78 is 0. The van der Waals surface area contributed by atoms with E-state index in [1.54, 1.807) is 0 Å². The topological polar surface area (TPSA) is 68.8 Å². The van der Waals surface area contributed by atoms with Gasteiger partial charge in [-0.05, 0) is 45.7 Å². The van der Waals surface area contributed by atoms with Gasteiger partial charge in [0.15, 0.2) is 5.96 Å². The maximum Gasteiger partial charge on any atom is 0.223 e. The normalized spacial score (nSPS) is 21.8. The minimum Gasteiger partial charge on any atom is -0.357 e. The molecule has 1 saturated carbocycles. The van der Waals surface area contributed by atoms with Crippen molar-refractivity contribution >= 4 is 35.8 Å². The summed E-state index contributed by atoms with van der Waals surface area (Å²) in [5.74, 6) is 1.34. The number of carbonyl (C=O) groups is 1. The zero-order chi connectivity index (χ0) is 16.5. The molecule has 0 aromatic carbocycles. The molecule has 1 saturated heterocycles. The van der Waals surface area contributed by atoms with Crippen LogP contribution < -0.4 is 16.0 Å². The second kappa shape index (κ2) is 11.9. The number of aliphatic imine (C=N–C) groups is 1. The summed E-state index contributed by atoms with van der Waals surface area (Å²) in [7, 11) is 0. The Morgan fingerprint density at radius 3 is 2.50 bits per heavy atom. The first-order valence-electron chi connectivity index (χ1n) is 9.28. The number of carbonyl (C=O) groups excluding carboxylic acids is 1. The Morgan fingerprint density at radius 1 is 1.08 bits per heavy atom. The van der Waals surface area contributed by atoms with E-state index in [2.05, 4.69) is 34.7 Å². The van der Waals surface area contributed by atoms with E-state index in [1.807, 2.05) is 0 Å². The number of amides is 1. The average molecular weight is 451 g/mol. The van der Waals surface area contributed by atoms with Crippen molar-refractivity contribution in [3.8, 4) is 0 Å². The fraction of sp³-hybridized carbons (Fsp3) is 0.882. The second-order valence-electron chi connectivity index (χ2n) is 6.49. The van der Waals surface area contributed by atoms with Gasteiger partial charge in [-0.15, -0.1) is 24.0 Å². The van der Waals surface area contributed by atoms with Crippen LogP contribution in [0.4, 0.5) is 0 Å². The Balaban J connectivity index is 0.00000288. The van der Waals surface area contributed by atoms with Gasteiger partial charge in [0.1, 0.15) is 0 Å². The van der Waals surface area contributed by atoms with Crippen molar-refractivity contribution in [2.24, 2.45) is 10.9 Å². The lowest BCUT2D eigenvalue weighted by Gasteiger charge is -2.33. The molecule has 0 radical (unpaired) electrons. The van der Waals surface area contributed by atoms with Crippen molar-refractivity contribution in [3.63, 3.8) is 0 Å². The molecule has 1 aliphatic heterocycles. The summed E-state index contributed by atoms with van der Waals surface area (Å²) in [5, 5.41) is 9.57. The van der Waals surface area contributed by atoms with Crippen LogP contribution in [0.15, 0.2) is 4.99 Å². The van der Waals surface area contributed by atoms with E-state index in [4.69, 9.17) is 4.99 Å². The Hall–Kier alpha value is -0.570. The quantitative estimate of drug-likeness (QED) is 0.227. The largest absolute Gasteiger partial charge is 0.357 e. The highest BCUT2D eigenvalue weighted by molar-refractivity contribution is 14.0. The standard InChI is InChI=1S/C17H33N5O.HI/c1-3-18-17(20-11-10-19-16(23)14-8-9-14)21-13-15-7-5-6-12-22(15)4-2;/h14-15H,3-13H2,1-2H3,(H,19,23)(H2,18,20,21);1H. The molecular formula is C17H34IN5O. The molecule has 1 heterocycles. The first kappa shape index (κ1) is 21.5. The lowest BCUT2D eigenvalue weighted by Crippen LogP contribution is -2.44. The number of hydrogen-bond acceptors (Lipinski definition) is 3. The van der Waals surface area contributed by atoms with Crippen molar-refractivity contribution in [1.29, 1.82) is 0 Å². The lowest BCUT2D eigenvalue weighted by molar-refractivity contribution is -0.122. The van der Waals surface area contributed by atoms with E-state index in [1.165, 1.54) is 25.8 Å². The van der Waals surface area contributed by atoms with Gasteiger partial charge in [0.25, 0.3) is 0 Å². The molecule has 24 heavy (non-hydrogen) atoms. The van der Waals surface area contributed by atoms with Gasteiger partial charge in [-0.2, -0.15) is 0 Å². The summed E-state index contributed by atoms with van der Waals surface area (Å²) in [6, 6.07) is 0.568. The Bertz CT molecular complexity index is 400. The van der Waals surface area contributed by atoms with Crippen LogP contribution in [-0.4, -0.2) is 62.1 Å². The average Bonchev–Trinajstić information content (AvgIpc) is 3.41. The number of piperidine rings is 1. The summed E-state index contributed by atoms with van der Waals surface area (Å²) in [4.78, 5) is 18.9. The molecule has 0 aromatic rings. The lowest BCUT2D eigenvalue weighted by atomic mass is 10.0. The first-order valence-corrected chi connectivity index (χ1v) is 9.28. The summed E-state index contributed by atoms with van der Waals surface area (Å²) >= 11 is 0. The van der Waals surface area contributed by atoms with Crippen LogP contribution in [0.3, 0.4) is 0 Å². The van der Waals surface area contributed by atoms with Gasteiger partial charge in [-0.1, -0.05) is 13.3 Å². The fourth-order valence-electron chi connectivity index (χ4n) is 3.08. The molecular weight excluding hydrogens is 417 g/mol. The number of likely N-dealkylation sites (N-methyl/N-ethyl adjacent to an activating group) is 1. The van der Waals surface area contributed by atoms with E-state index < -0.39 is 0 Å². The Morgan fingerprint density at radius 2 is 1.83 bits per heavy atom. The predicted molar refractivity (Wildman–Crippen MR) is 110 cm³/mol. The Labute approximate surface area is 163 Å². The van der Waals surface area contributed by atoms with Gasteiger partial charge >= 0.3 is 0 Å². The predicted octanol–water partition coefficient (Wildman–Crippen LogP) is 1.56. The molecule has 1 aliphatic carbocycles. The molecule has 2 fully saturated rings. The van der Waals surface area contributed by atoms with Gasteiger partial charge in [0.2, 0.25) is 5.91 Å². The monoisotopic (exact) mass is 451 g/mol. The van der Waals surface area contributed by atoms with Crippen LogP contribution in [0.5, 0.6) is 0 Å². The molecule has 6 nitrogen and oxygen atoms in total. The van der Waals surface area contributed by atoms with Crippen LogP contribution in [0.2, 0.25) is 0 Å². The van der Waals surface area contributed by atoms with E-state index in [9.17, 15) is 4.79 Å². The summed E-state index contributed by atoms with van der Waals surface area (Å²) in [6.45, 7) is 9.68. The zero-order valence-corrected chi connectivity index (χ0v) is 17.5. The maximum absolute atomic E-state index is 11.6. The molecule has 0 aromatic heterocycles. The minimum atomic E-state index is 0. The SMILES string of the molecule is CCNC(=NCC1CCCCN1CC)NCCNC(=O)C1CC1.I. The third-order valence-electron chi connectivity index (χ3n) is 4.62. The van der Waals surface area contributed by atoms with E-state index in [-0.39, 0.29) is 35.8 Å². The fourth-order valence-corrected chi connectivity index (χ4v) is 3.08. The zero-order valence-electron chi connectivity index (χ0n) is 15.1. The van der Waals surface area contributed by atoms with Crippen molar-refractivity contribution in [2.45, 2.75) is 52.0 Å². The molecule has 3 N–H and O–H groups in total. The molecule has 140 valence electrons.